The summed E-state index contributed by atoms with van der Waals surface area (Å²) in [5.41, 5.74) is -0.614. The number of nitrogens with zero attached hydrogens (tertiary/aromatic N) is 1. The highest BCUT2D eigenvalue weighted by atomic mass is 79.9. The molecule has 1 aliphatic carbocycles. The van der Waals surface area contributed by atoms with Crippen molar-refractivity contribution in [3.8, 4) is 0 Å². The van der Waals surface area contributed by atoms with Gasteiger partial charge in [0.2, 0.25) is 0 Å². The summed E-state index contributed by atoms with van der Waals surface area (Å²) < 4.78 is 0.927. The molecule has 1 atom stereocenters. The van der Waals surface area contributed by atoms with Gasteiger partial charge >= 0.3 is 0 Å². The Morgan fingerprint density at radius 2 is 2.40 bits per heavy atom. The molecule has 1 heterocycles. The molecule has 1 saturated carbocycles. The second-order valence-corrected chi connectivity index (χ2v) is 5.17. The Kier molecular flexibility index (Phi) is 2.98. The number of pyridine rings is 1. The zero-order valence-electron chi connectivity index (χ0n) is 8.70. The fraction of sp³-hybridized carbons (Fsp3) is 0.545. The van der Waals surface area contributed by atoms with E-state index in [1.807, 2.05) is 19.1 Å². The molecule has 1 unspecified atom stereocenters. The first-order chi connectivity index (χ1) is 7.09. The van der Waals surface area contributed by atoms with Crippen molar-refractivity contribution in [3.05, 3.63) is 22.8 Å². The molecule has 4 heteroatoms. The Balaban J connectivity index is 1.95. The number of aliphatic hydroxyl groups is 1. The lowest BCUT2D eigenvalue weighted by atomic mass is 10.0. The van der Waals surface area contributed by atoms with Crippen molar-refractivity contribution in [3.63, 3.8) is 0 Å². The van der Waals surface area contributed by atoms with Crippen LogP contribution in [-0.4, -0.2) is 22.2 Å². The highest BCUT2D eigenvalue weighted by Crippen LogP contribution is 2.39. The Labute approximate surface area is 98.0 Å². The number of rotatable bonds is 4. The molecule has 1 aromatic heterocycles. The van der Waals surface area contributed by atoms with Crippen molar-refractivity contribution in [2.45, 2.75) is 25.4 Å². The van der Waals surface area contributed by atoms with Crippen molar-refractivity contribution in [2.75, 3.05) is 11.9 Å². The molecule has 0 saturated heterocycles. The van der Waals surface area contributed by atoms with Gasteiger partial charge in [-0.3, -0.25) is 0 Å². The third-order valence-electron chi connectivity index (χ3n) is 2.83. The van der Waals surface area contributed by atoms with Crippen LogP contribution in [-0.2, 0) is 0 Å². The highest BCUT2D eigenvalue weighted by Gasteiger charge is 2.39. The van der Waals surface area contributed by atoms with E-state index in [0.29, 0.717) is 12.5 Å². The Bertz CT molecular complexity index is 350. The zero-order chi connectivity index (χ0) is 10.9. The van der Waals surface area contributed by atoms with Gasteiger partial charge in [0.25, 0.3) is 0 Å². The van der Waals surface area contributed by atoms with Crippen LogP contribution in [0.15, 0.2) is 22.8 Å². The minimum atomic E-state index is -0.614. The first-order valence-corrected chi connectivity index (χ1v) is 5.96. The van der Waals surface area contributed by atoms with Crippen molar-refractivity contribution in [2.24, 2.45) is 5.92 Å². The van der Waals surface area contributed by atoms with Gasteiger partial charge in [-0.15, -0.1) is 0 Å². The maximum Gasteiger partial charge on any atom is 0.140 e. The van der Waals surface area contributed by atoms with Crippen LogP contribution in [0.4, 0.5) is 5.82 Å². The van der Waals surface area contributed by atoms with E-state index in [-0.39, 0.29) is 0 Å². The van der Waals surface area contributed by atoms with E-state index in [1.54, 1.807) is 6.20 Å². The number of hydrogen-bond donors (Lipinski definition) is 2. The predicted molar refractivity (Wildman–Crippen MR) is 63.8 cm³/mol. The van der Waals surface area contributed by atoms with Crippen LogP contribution in [0.1, 0.15) is 19.8 Å². The van der Waals surface area contributed by atoms with Gasteiger partial charge in [-0.2, -0.15) is 0 Å². The van der Waals surface area contributed by atoms with Crippen molar-refractivity contribution in [1.29, 1.82) is 0 Å². The molecule has 3 nitrogen and oxygen atoms in total. The van der Waals surface area contributed by atoms with Gasteiger partial charge in [0.1, 0.15) is 5.82 Å². The standard InChI is InChI=1S/C11H15BrN2O/c1-11(15,8-4-5-8)7-14-10-9(12)3-2-6-13-10/h2-3,6,8,15H,4-5,7H2,1H3,(H,13,14). The number of aromatic nitrogens is 1. The molecule has 0 bridgehead atoms. The molecule has 0 radical (unpaired) electrons. The highest BCUT2D eigenvalue weighted by molar-refractivity contribution is 9.10. The molecule has 0 aliphatic heterocycles. The van der Waals surface area contributed by atoms with E-state index < -0.39 is 5.60 Å². The third-order valence-corrected chi connectivity index (χ3v) is 3.47. The van der Waals surface area contributed by atoms with Gasteiger partial charge in [0.05, 0.1) is 10.1 Å². The number of halogens is 1. The van der Waals surface area contributed by atoms with Crippen LogP contribution in [0.25, 0.3) is 0 Å². The Hall–Kier alpha value is -0.610. The number of hydrogen-bond acceptors (Lipinski definition) is 3. The molecule has 0 spiro atoms. The molecular formula is C11H15BrN2O. The minimum Gasteiger partial charge on any atom is -0.388 e. The summed E-state index contributed by atoms with van der Waals surface area (Å²) in [5.74, 6) is 1.24. The summed E-state index contributed by atoms with van der Waals surface area (Å²) in [6, 6.07) is 3.80. The van der Waals surface area contributed by atoms with E-state index in [4.69, 9.17) is 0 Å². The smallest absolute Gasteiger partial charge is 0.140 e. The maximum atomic E-state index is 10.1. The predicted octanol–water partition coefficient (Wildman–Crippen LogP) is 2.42. The minimum absolute atomic E-state index is 0.451. The molecule has 1 fully saturated rings. The van der Waals surface area contributed by atoms with Crippen LogP contribution in [0.3, 0.4) is 0 Å². The molecule has 82 valence electrons. The number of anilines is 1. The van der Waals surface area contributed by atoms with Crippen molar-refractivity contribution >= 4 is 21.7 Å². The van der Waals surface area contributed by atoms with E-state index in [9.17, 15) is 5.11 Å². The summed E-state index contributed by atoms with van der Waals surface area (Å²) in [7, 11) is 0. The maximum absolute atomic E-state index is 10.1. The summed E-state index contributed by atoms with van der Waals surface area (Å²) in [6.45, 7) is 2.43. The molecule has 2 N–H and O–H groups in total. The van der Waals surface area contributed by atoms with Crippen LogP contribution >= 0.6 is 15.9 Å². The van der Waals surface area contributed by atoms with Crippen LogP contribution in [0.5, 0.6) is 0 Å². The normalized spacial score (nSPS) is 19.7. The van der Waals surface area contributed by atoms with E-state index in [1.165, 1.54) is 0 Å². The quantitative estimate of drug-likeness (QED) is 0.884. The van der Waals surface area contributed by atoms with Crippen LogP contribution in [0, 0.1) is 5.92 Å². The zero-order valence-corrected chi connectivity index (χ0v) is 10.3. The van der Waals surface area contributed by atoms with Gasteiger partial charge in [-0.25, -0.2) is 4.98 Å². The first kappa shape index (κ1) is 10.9. The second kappa shape index (κ2) is 4.10. The Morgan fingerprint density at radius 1 is 1.67 bits per heavy atom. The van der Waals surface area contributed by atoms with Gasteiger partial charge in [-0.05, 0) is 53.7 Å². The average molecular weight is 271 g/mol. The number of nitrogens with one attached hydrogen (secondary N) is 1. The van der Waals surface area contributed by atoms with Crippen molar-refractivity contribution in [1.82, 2.24) is 4.98 Å². The summed E-state index contributed by atoms with van der Waals surface area (Å²) >= 11 is 3.41. The molecule has 1 aromatic rings. The third kappa shape index (κ3) is 2.69. The SMILES string of the molecule is CC(O)(CNc1ncccc1Br)C1CC1. The van der Waals surface area contributed by atoms with Crippen LogP contribution < -0.4 is 5.32 Å². The van der Waals surface area contributed by atoms with Crippen LogP contribution in [0.2, 0.25) is 0 Å². The summed E-state index contributed by atoms with van der Waals surface area (Å²) in [4.78, 5) is 4.19. The van der Waals surface area contributed by atoms with Gasteiger partial charge in [0.15, 0.2) is 0 Å². The lowest BCUT2D eigenvalue weighted by Gasteiger charge is -2.23. The lowest BCUT2D eigenvalue weighted by Crippen LogP contribution is -2.35. The van der Waals surface area contributed by atoms with Gasteiger partial charge in [0, 0.05) is 12.7 Å². The molecule has 15 heavy (non-hydrogen) atoms. The molecule has 0 amide bonds. The average Bonchev–Trinajstić information content (AvgIpc) is 3.00. The summed E-state index contributed by atoms with van der Waals surface area (Å²) in [5, 5.41) is 13.3. The Morgan fingerprint density at radius 3 is 3.00 bits per heavy atom. The van der Waals surface area contributed by atoms with Gasteiger partial charge in [-0.1, -0.05) is 0 Å². The van der Waals surface area contributed by atoms with Crippen molar-refractivity contribution < 1.29 is 5.11 Å². The van der Waals surface area contributed by atoms with Gasteiger partial charge < -0.3 is 10.4 Å². The van der Waals surface area contributed by atoms with E-state index >= 15 is 0 Å². The fourth-order valence-corrected chi connectivity index (χ4v) is 2.02. The fourth-order valence-electron chi connectivity index (χ4n) is 1.63. The largest absolute Gasteiger partial charge is 0.388 e. The van der Waals surface area contributed by atoms with E-state index in [2.05, 4.69) is 26.2 Å². The summed E-state index contributed by atoms with van der Waals surface area (Å²) in [6.07, 6.45) is 4.01. The topological polar surface area (TPSA) is 45.1 Å². The lowest BCUT2D eigenvalue weighted by molar-refractivity contribution is 0.0502. The van der Waals surface area contributed by atoms with E-state index in [0.717, 1.165) is 23.1 Å². The molecule has 1 aliphatic rings. The molecule has 2 rings (SSSR count). The molecule has 0 aromatic carbocycles. The molecular weight excluding hydrogens is 256 g/mol. The first-order valence-electron chi connectivity index (χ1n) is 5.16. The monoisotopic (exact) mass is 270 g/mol. The second-order valence-electron chi connectivity index (χ2n) is 4.32.